The van der Waals surface area contributed by atoms with E-state index in [4.69, 9.17) is 13.9 Å². The molecule has 218 valence electrons. The molecule has 1 amide bonds. The normalized spacial score (nSPS) is 18.6. The maximum absolute atomic E-state index is 13.8. The van der Waals surface area contributed by atoms with Crippen LogP contribution in [-0.4, -0.2) is 50.1 Å². The lowest BCUT2D eigenvalue weighted by molar-refractivity contribution is -0.109. The zero-order valence-electron chi connectivity index (χ0n) is 25.1. The van der Waals surface area contributed by atoms with Gasteiger partial charge in [-0.1, -0.05) is 112 Å². The minimum atomic E-state index is -3.02. The molecular formula is C34H43NO5Si. The van der Waals surface area contributed by atoms with Gasteiger partial charge in [-0.05, 0) is 48.2 Å². The van der Waals surface area contributed by atoms with Crippen molar-refractivity contribution in [1.29, 1.82) is 0 Å². The molecule has 0 bridgehead atoms. The molecule has 1 aliphatic rings. The van der Waals surface area contributed by atoms with Crippen LogP contribution in [0.2, 0.25) is 5.04 Å². The molecule has 0 radical (unpaired) electrons. The van der Waals surface area contributed by atoms with Gasteiger partial charge < -0.3 is 18.7 Å². The molecule has 0 spiro atoms. The molecule has 0 saturated carbocycles. The Morgan fingerprint density at radius 2 is 1.41 bits per heavy atom. The maximum atomic E-state index is 13.8. The third kappa shape index (κ3) is 6.80. The first kappa shape index (κ1) is 30.7. The number of carbonyl (C=O) groups is 2. The summed E-state index contributed by atoms with van der Waals surface area (Å²) in [6, 6.07) is 30.2. The molecule has 1 heterocycles. The SMILES string of the molecule is CC(C)(C)OC(=O)N1[C@@H]([C@@H](CCC=O)O[Si](c2ccccc2)(c2ccccc2)C(C)(C)C)OC[C@H]1c1ccccc1. The zero-order chi connectivity index (χ0) is 29.7. The lowest BCUT2D eigenvalue weighted by atomic mass is 10.1. The topological polar surface area (TPSA) is 65.1 Å². The van der Waals surface area contributed by atoms with E-state index in [2.05, 4.69) is 45.0 Å². The van der Waals surface area contributed by atoms with E-state index < -0.39 is 32.3 Å². The Hall–Kier alpha value is -3.26. The minimum Gasteiger partial charge on any atom is -0.444 e. The number of rotatable bonds is 9. The van der Waals surface area contributed by atoms with E-state index >= 15 is 0 Å². The molecular weight excluding hydrogens is 530 g/mol. The monoisotopic (exact) mass is 573 g/mol. The van der Waals surface area contributed by atoms with Gasteiger partial charge in [0.1, 0.15) is 11.9 Å². The Bertz CT molecular complexity index is 1230. The average molecular weight is 574 g/mol. The lowest BCUT2D eigenvalue weighted by Crippen LogP contribution is -2.69. The standard InChI is InChI=1S/C34H43NO5Si/c1-33(2,3)39-32(37)35-29(26-17-10-7-11-18-26)25-38-31(35)30(23-16-24-36)40-41(34(4,5)6,27-19-12-8-13-20-27)28-21-14-9-15-22-28/h7-15,17-22,24,29-31H,16,23,25H2,1-6H3/t29-,30+,31+/m0/s1. The van der Waals surface area contributed by atoms with Gasteiger partial charge in [0.25, 0.3) is 8.32 Å². The summed E-state index contributed by atoms with van der Waals surface area (Å²) in [5.41, 5.74) is 0.267. The van der Waals surface area contributed by atoms with Crippen molar-refractivity contribution in [3.8, 4) is 0 Å². The number of benzene rings is 3. The van der Waals surface area contributed by atoms with Crippen molar-refractivity contribution < 1.29 is 23.5 Å². The van der Waals surface area contributed by atoms with Gasteiger partial charge in [0, 0.05) is 6.42 Å². The highest BCUT2D eigenvalue weighted by atomic mass is 28.4. The van der Waals surface area contributed by atoms with Crippen molar-refractivity contribution in [2.24, 2.45) is 0 Å². The van der Waals surface area contributed by atoms with Gasteiger partial charge in [-0.2, -0.15) is 0 Å². The highest BCUT2D eigenvalue weighted by molar-refractivity contribution is 6.99. The quantitative estimate of drug-likeness (QED) is 0.224. The van der Waals surface area contributed by atoms with E-state index in [9.17, 15) is 9.59 Å². The van der Waals surface area contributed by atoms with Crippen LogP contribution in [0.15, 0.2) is 91.0 Å². The lowest BCUT2D eigenvalue weighted by Gasteiger charge is -2.46. The number of ether oxygens (including phenoxy) is 2. The summed E-state index contributed by atoms with van der Waals surface area (Å²) in [6.07, 6.45) is -0.191. The second-order valence-corrected chi connectivity index (χ2v) is 16.9. The Labute approximate surface area is 245 Å². The number of hydrogen-bond acceptors (Lipinski definition) is 5. The molecule has 0 N–H and O–H groups in total. The smallest absolute Gasteiger partial charge is 0.413 e. The zero-order valence-corrected chi connectivity index (χ0v) is 26.1. The second kappa shape index (κ2) is 12.7. The van der Waals surface area contributed by atoms with Crippen molar-refractivity contribution in [2.45, 2.75) is 83.4 Å². The van der Waals surface area contributed by atoms with Crippen molar-refractivity contribution in [3.05, 3.63) is 96.6 Å². The van der Waals surface area contributed by atoms with Crippen LogP contribution in [0.5, 0.6) is 0 Å². The number of carbonyl (C=O) groups excluding carboxylic acids is 2. The molecule has 3 atom stereocenters. The van der Waals surface area contributed by atoms with Crippen LogP contribution < -0.4 is 10.4 Å². The van der Waals surface area contributed by atoms with Crippen molar-refractivity contribution in [1.82, 2.24) is 4.90 Å². The molecule has 41 heavy (non-hydrogen) atoms. The summed E-state index contributed by atoms with van der Waals surface area (Å²) in [6.45, 7) is 12.5. The summed E-state index contributed by atoms with van der Waals surface area (Å²) in [5, 5.41) is 1.95. The number of aldehydes is 1. The number of amides is 1. The van der Waals surface area contributed by atoms with Crippen LogP contribution in [0.25, 0.3) is 0 Å². The van der Waals surface area contributed by atoms with Crippen molar-refractivity contribution in [2.75, 3.05) is 6.61 Å². The first-order valence-electron chi connectivity index (χ1n) is 14.4. The molecule has 0 aliphatic carbocycles. The molecule has 4 rings (SSSR count). The Balaban J connectivity index is 1.85. The number of nitrogens with zero attached hydrogens (tertiary/aromatic N) is 1. The first-order chi connectivity index (χ1) is 19.5. The van der Waals surface area contributed by atoms with E-state index in [0.29, 0.717) is 13.0 Å². The fourth-order valence-electron chi connectivity index (χ4n) is 5.70. The van der Waals surface area contributed by atoms with Gasteiger partial charge in [0.2, 0.25) is 0 Å². The van der Waals surface area contributed by atoms with E-state index in [1.165, 1.54) is 0 Å². The third-order valence-electron chi connectivity index (χ3n) is 7.46. The first-order valence-corrected chi connectivity index (χ1v) is 16.3. The highest BCUT2D eigenvalue weighted by Crippen LogP contribution is 2.41. The van der Waals surface area contributed by atoms with E-state index in [1.54, 1.807) is 4.90 Å². The van der Waals surface area contributed by atoms with Crippen molar-refractivity contribution in [3.63, 3.8) is 0 Å². The van der Waals surface area contributed by atoms with Gasteiger partial charge >= 0.3 is 6.09 Å². The fraction of sp³-hybridized carbons (Fsp3) is 0.412. The number of hydrogen-bond donors (Lipinski definition) is 0. The van der Waals surface area contributed by atoms with Crippen molar-refractivity contribution >= 4 is 31.1 Å². The third-order valence-corrected chi connectivity index (χ3v) is 12.5. The van der Waals surface area contributed by atoms with Crippen LogP contribution in [-0.2, 0) is 18.7 Å². The average Bonchev–Trinajstić information content (AvgIpc) is 3.39. The molecule has 1 saturated heterocycles. The molecule has 0 unspecified atom stereocenters. The summed E-state index contributed by atoms with van der Waals surface area (Å²) >= 11 is 0. The van der Waals surface area contributed by atoms with Crippen LogP contribution in [0.4, 0.5) is 4.79 Å². The summed E-state index contributed by atoms with van der Waals surface area (Å²) in [7, 11) is -3.02. The fourth-order valence-corrected chi connectivity index (χ4v) is 10.4. The Morgan fingerprint density at radius 1 is 0.902 bits per heavy atom. The molecule has 6 nitrogen and oxygen atoms in total. The van der Waals surface area contributed by atoms with E-state index in [-0.39, 0.29) is 17.5 Å². The molecule has 1 fully saturated rings. The largest absolute Gasteiger partial charge is 0.444 e. The van der Waals surface area contributed by atoms with Gasteiger partial charge in [0.15, 0.2) is 6.23 Å². The van der Waals surface area contributed by atoms with E-state index in [1.807, 2.05) is 87.5 Å². The molecule has 3 aromatic carbocycles. The highest BCUT2D eigenvalue weighted by Gasteiger charge is 2.54. The Morgan fingerprint density at radius 3 is 1.88 bits per heavy atom. The van der Waals surface area contributed by atoms with E-state index in [0.717, 1.165) is 22.2 Å². The van der Waals surface area contributed by atoms with Gasteiger partial charge in [-0.15, -0.1) is 0 Å². The molecule has 3 aromatic rings. The maximum Gasteiger partial charge on any atom is 0.413 e. The van der Waals surface area contributed by atoms with Crippen LogP contribution >= 0.6 is 0 Å². The Kier molecular flexibility index (Phi) is 9.52. The predicted molar refractivity (Wildman–Crippen MR) is 165 cm³/mol. The van der Waals surface area contributed by atoms with Gasteiger partial charge in [-0.25, -0.2) is 4.79 Å². The van der Waals surface area contributed by atoms with Gasteiger partial charge in [-0.3, -0.25) is 4.90 Å². The van der Waals surface area contributed by atoms with Crippen LogP contribution in [0.3, 0.4) is 0 Å². The van der Waals surface area contributed by atoms with Gasteiger partial charge in [0.05, 0.1) is 18.8 Å². The van der Waals surface area contributed by atoms with Crippen LogP contribution in [0, 0.1) is 0 Å². The summed E-state index contributed by atoms with van der Waals surface area (Å²) < 4.78 is 19.8. The summed E-state index contributed by atoms with van der Waals surface area (Å²) in [5.74, 6) is 0. The summed E-state index contributed by atoms with van der Waals surface area (Å²) in [4.78, 5) is 27.3. The molecule has 0 aromatic heterocycles. The second-order valence-electron chi connectivity index (χ2n) is 12.6. The minimum absolute atomic E-state index is 0.279. The molecule has 7 heteroatoms. The molecule has 1 aliphatic heterocycles. The van der Waals surface area contributed by atoms with Crippen LogP contribution in [0.1, 0.15) is 66.0 Å². The predicted octanol–water partition coefficient (Wildman–Crippen LogP) is 6.25.